The van der Waals surface area contributed by atoms with Gasteiger partial charge >= 0.3 is 0 Å². The van der Waals surface area contributed by atoms with Crippen molar-refractivity contribution in [2.75, 3.05) is 19.7 Å². The average molecular weight is 259 g/mol. The Morgan fingerprint density at radius 1 is 1.71 bits per heavy atom. The Kier molecular flexibility index (Phi) is 4.04. The predicted molar refractivity (Wildman–Crippen MR) is 66.9 cm³/mol. The molecule has 0 spiro atoms. The van der Waals surface area contributed by atoms with E-state index in [9.17, 15) is 0 Å². The van der Waals surface area contributed by atoms with Gasteiger partial charge in [0.1, 0.15) is 11.0 Å². The summed E-state index contributed by atoms with van der Waals surface area (Å²) in [5.41, 5.74) is 5.86. The summed E-state index contributed by atoms with van der Waals surface area (Å²) >= 11 is 5.96. The van der Waals surface area contributed by atoms with Crippen molar-refractivity contribution in [2.24, 2.45) is 12.8 Å². The summed E-state index contributed by atoms with van der Waals surface area (Å²) in [5, 5.41) is 0.664. The molecule has 2 atom stereocenters. The van der Waals surface area contributed by atoms with Crippen LogP contribution in [-0.2, 0) is 18.3 Å². The molecular formula is C11H19ClN4O. The maximum atomic E-state index is 5.96. The van der Waals surface area contributed by atoms with Gasteiger partial charge in [-0.3, -0.25) is 4.90 Å². The predicted octanol–water partition coefficient (Wildman–Crippen LogP) is 0.621. The molecule has 2 heterocycles. The lowest BCUT2D eigenvalue weighted by Gasteiger charge is -2.34. The van der Waals surface area contributed by atoms with Crippen molar-refractivity contribution in [1.29, 1.82) is 0 Å². The van der Waals surface area contributed by atoms with E-state index in [-0.39, 0.29) is 12.1 Å². The summed E-state index contributed by atoms with van der Waals surface area (Å²) in [5.74, 6) is 0.973. The van der Waals surface area contributed by atoms with Crippen LogP contribution in [0.25, 0.3) is 0 Å². The number of hydrogen-bond acceptors (Lipinski definition) is 4. The lowest BCUT2D eigenvalue weighted by molar-refractivity contribution is -0.0412. The number of nitrogens with zero attached hydrogens (tertiary/aromatic N) is 3. The second kappa shape index (κ2) is 5.35. The third-order valence-corrected chi connectivity index (χ3v) is 3.51. The number of morpholine rings is 1. The summed E-state index contributed by atoms with van der Waals surface area (Å²) in [6, 6.07) is 0.0581. The minimum absolute atomic E-state index is 0.0581. The molecule has 1 aromatic rings. The summed E-state index contributed by atoms with van der Waals surface area (Å²) in [7, 11) is 1.92. The van der Waals surface area contributed by atoms with E-state index in [1.807, 2.05) is 18.5 Å². The first-order chi connectivity index (χ1) is 8.08. The van der Waals surface area contributed by atoms with E-state index in [1.165, 1.54) is 0 Å². The fourth-order valence-corrected chi connectivity index (χ4v) is 2.11. The zero-order chi connectivity index (χ0) is 12.4. The van der Waals surface area contributed by atoms with Crippen LogP contribution in [0.4, 0.5) is 0 Å². The number of hydrogen-bond donors (Lipinski definition) is 1. The van der Waals surface area contributed by atoms with Crippen molar-refractivity contribution in [2.45, 2.75) is 25.6 Å². The molecule has 0 radical (unpaired) electrons. The molecule has 1 aliphatic heterocycles. The van der Waals surface area contributed by atoms with Gasteiger partial charge in [0.15, 0.2) is 0 Å². The van der Waals surface area contributed by atoms with Gasteiger partial charge in [0, 0.05) is 26.2 Å². The Morgan fingerprint density at radius 2 is 2.47 bits per heavy atom. The largest absolute Gasteiger partial charge is 0.374 e. The Hall–Kier alpha value is -0.620. The molecule has 96 valence electrons. The van der Waals surface area contributed by atoms with Crippen molar-refractivity contribution in [3.8, 4) is 0 Å². The molecule has 1 fully saturated rings. The average Bonchev–Trinajstić information content (AvgIpc) is 2.61. The summed E-state index contributed by atoms with van der Waals surface area (Å²) in [4.78, 5) is 6.60. The third kappa shape index (κ3) is 2.98. The lowest BCUT2D eigenvalue weighted by Crippen LogP contribution is -2.49. The van der Waals surface area contributed by atoms with Gasteiger partial charge in [-0.1, -0.05) is 11.6 Å². The Balaban J connectivity index is 1.97. The molecule has 0 aromatic carbocycles. The molecule has 1 aromatic heterocycles. The smallest absolute Gasteiger partial charge is 0.128 e. The normalized spacial score (nSPS) is 23.9. The molecule has 17 heavy (non-hydrogen) atoms. The second-order valence-electron chi connectivity index (χ2n) is 4.56. The van der Waals surface area contributed by atoms with Crippen molar-refractivity contribution in [3.63, 3.8) is 0 Å². The fraction of sp³-hybridized carbons (Fsp3) is 0.727. The molecule has 0 amide bonds. The van der Waals surface area contributed by atoms with Crippen molar-refractivity contribution >= 4 is 11.6 Å². The third-order valence-electron chi connectivity index (χ3n) is 3.16. The first-order valence-corrected chi connectivity index (χ1v) is 6.21. The van der Waals surface area contributed by atoms with Gasteiger partial charge in [0.25, 0.3) is 0 Å². The van der Waals surface area contributed by atoms with Gasteiger partial charge in [-0.05, 0) is 6.92 Å². The number of rotatable bonds is 3. The van der Waals surface area contributed by atoms with Crippen LogP contribution in [0.5, 0.6) is 0 Å². The second-order valence-corrected chi connectivity index (χ2v) is 4.95. The van der Waals surface area contributed by atoms with Crippen LogP contribution >= 0.6 is 11.6 Å². The van der Waals surface area contributed by atoms with Crippen LogP contribution in [-0.4, -0.2) is 46.3 Å². The van der Waals surface area contributed by atoms with Gasteiger partial charge in [-0.25, -0.2) is 4.98 Å². The van der Waals surface area contributed by atoms with E-state index < -0.39 is 0 Å². The minimum atomic E-state index is 0.0581. The number of ether oxygens (including phenoxy) is 1. The van der Waals surface area contributed by atoms with Crippen LogP contribution in [0.3, 0.4) is 0 Å². The molecule has 1 aliphatic rings. The van der Waals surface area contributed by atoms with Crippen molar-refractivity contribution < 1.29 is 4.74 Å². The van der Waals surface area contributed by atoms with E-state index in [1.54, 1.807) is 6.20 Å². The van der Waals surface area contributed by atoms with Crippen LogP contribution < -0.4 is 5.73 Å². The van der Waals surface area contributed by atoms with Crippen LogP contribution in [0, 0.1) is 0 Å². The Bertz CT molecular complexity index is 380. The maximum Gasteiger partial charge on any atom is 0.128 e. The SMILES string of the molecule is CC(N)C1CN(Cc2ncc(Cl)n2C)CCO1. The molecule has 0 aliphatic carbocycles. The van der Waals surface area contributed by atoms with E-state index in [0.29, 0.717) is 5.15 Å². The number of aromatic nitrogens is 2. The van der Waals surface area contributed by atoms with Gasteiger partial charge in [0.05, 0.1) is 25.5 Å². The van der Waals surface area contributed by atoms with E-state index in [2.05, 4.69) is 9.88 Å². The molecule has 2 rings (SSSR count). The summed E-state index contributed by atoms with van der Waals surface area (Å²) < 4.78 is 7.52. The first-order valence-electron chi connectivity index (χ1n) is 5.83. The van der Waals surface area contributed by atoms with E-state index >= 15 is 0 Å². The highest BCUT2D eigenvalue weighted by atomic mass is 35.5. The number of nitrogens with two attached hydrogens (primary N) is 1. The lowest BCUT2D eigenvalue weighted by atomic mass is 10.1. The van der Waals surface area contributed by atoms with Crippen LogP contribution in [0.15, 0.2) is 6.20 Å². The topological polar surface area (TPSA) is 56.3 Å². The maximum absolute atomic E-state index is 5.96. The first kappa shape index (κ1) is 12.8. The molecule has 5 nitrogen and oxygen atoms in total. The fourth-order valence-electron chi connectivity index (χ4n) is 1.96. The van der Waals surface area contributed by atoms with E-state index in [0.717, 1.165) is 32.1 Å². The summed E-state index contributed by atoms with van der Waals surface area (Å²) in [6.07, 6.45) is 1.79. The van der Waals surface area contributed by atoms with Crippen LogP contribution in [0.1, 0.15) is 12.7 Å². The standard InChI is InChI=1S/C11H19ClN4O/c1-8(13)9-6-16(3-4-17-9)7-11-14-5-10(12)15(11)2/h5,8-9H,3-4,6-7,13H2,1-2H3. The summed E-state index contributed by atoms with van der Waals surface area (Å²) in [6.45, 7) is 5.25. The minimum Gasteiger partial charge on any atom is -0.374 e. The van der Waals surface area contributed by atoms with Gasteiger partial charge in [-0.2, -0.15) is 0 Å². The van der Waals surface area contributed by atoms with E-state index in [4.69, 9.17) is 22.1 Å². The molecule has 2 N–H and O–H groups in total. The van der Waals surface area contributed by atoms with Crippen molar-refractivity contribution in [1.82, 2.24) is 14.5 Å². The molecule has 1 saturated heterocycles. The number of imidazole rings is 1. The molecule has 6 heteroatoms. The van der Waals surface area contributed by atoms with Gasteiger partial charge in [0.2, 0.25) is 0 Å². The zero-order valence-corrected chi connectivity index (χ0v) is 11.0. The highest BCUT2D eigenvalue weighted by Crippen LogP contribution is 2.14. The van der Waals surface area contributed by atoms with Crippen LogP contribution in [0.2, 0.25) is 5.15 Å². The molecular weight excluding hydrogens is 240 g/mol. The Morgan fingerprint density at radius 3 is 3.06 bits per heavy atom. The molecule has 0 saturated carbocycles. The highest BCUT2D eigenvalue weighted by molar-refractivity contribution is 6.29. The number of halogens is 1. The Labute approximate surface area is 107 Å². The van der Waals surface area contributed by atoms with Crippen molar-refractivity contribution in [3.05, 3.63) is 17.2 Å². The monoisotopic (exact) mass is 258 g/mol. The van der Waals surface area contributed by atoms with Gasteiger partial charge in [-0.15, -0.1) is 0 Å². The molecule has 2 unspecified atom stereocenters. The molecule has 0 bridgehead atoms. The zero-order valence-electron chi connectivity index (χ0n) is 10.3. The highest BCUT2D eigenvalue weighted by Gasteiger charge is 2.24. The quantitative estimate of drug-likeness (QED) is 0.864. The van der Waals surface area contributed by atoms with Gasteiger partial charge < -0.3 is 15.0 Å².